The second kappa shape index (κ2) is 2.20. The van der Waals surface area contributed by atoms with Gasteiger partial charge in [0, 0.05) is 12.4 Å². The molecule has 2 rings (SSSR count). The van der Waals surface area contributed by atoms with Crippen LogP contribution in [0, 0.1) is 0 Å². The molecule has 0 aromatic carbocycles. The molecular formula is C7H6ClN3. The van der Waals surface area contributed by atoms with Crippen LogP contribution in [0.15, 0.2) is 18.5 Å². The van der Waals surface area contributed by atoms with E-state index in [9.17, 15) is 0 Å². The Balaban J connectivity index is 2.86. The van der Waals surface area contributed by atoms with Gasteiger partial charge in [0.2, 0.25) is 0 Å². The van der Waals surface area contributed by atoms with E-state index in [1.54, 1.807) is 23.1 Å². The Labute approximate surface area is 68.6 Å². The van der Waals surface area contributed by atoms with Gasteiger partial charge in [-0.3, -0.25) is 4.68 Å². The van der Waals surface area contributed by atoms with Crippen LogP contribution in [0.1, 0.15) is 0 Å². The van der Waals surface area contributed by atoms with E-state index in [1.807, 2.05) is 7.05 Å². The summed E-state index contributed by atoms with van der Waals surface area (Å²) in [7, 11) is 1.87. The summed E-state index contributed by atoms with van der Waals surface area (Å²) in [6.45, 7) is 0. The standard InChI is InChI=1S/C7H6ClN3/c1-11-6-4-9-7(8)2-5(6)3-10-11/h2-4H,1H3. The summed E-state index contributed by atoms with van der Waals surface area (Å²) in [6.07, 6.45) is 3.48. The van der Waals surface area contributed by atoms with E-state index in [0.29, 0.717) is 5.15 Å². The van der Waals surface area contributed by atoms with E-state index >= 15 is 0 Å². The van der Waals surface area contributed by atoms with E-state index in [1.165, 1.54) is 0 Å². The molecule has 0 amide bonds. The number of aryl methyl sites for hydroxylation is 1. The number of hydrogen-bond acceptors (Lipinski definition) is 2. The minimum atomic E-state index is 0.505. The zero-order valence-electron chi connectivity index (χ0n) is 5.95. The second-order valence-corrected chi connectivity index (χ2v) is 2.72. The van der Waals surface area contributed by atoms with Crippen molar-refractivity contribution >= 4 is 22.5 Å². The van der Waals surface area contributed by atoms with Gasteiger partial charge in [0.1, 0.15) is 5.15 Å². The molecule has 0 saturated carbocycles. The third kappa shape index (κ3) is 0.973. The minimum Gasteiger partial charge on any atom is -0.266 e. The van der Waals surface area contributed by atoms with Crippen molar-refractivity contribution in [1.82, 2.24) is 14.8 Å². The highest BCUT2D eigenvalue weighted by Gasteiger charge is 1.98. The van der Waals surface area contributed by atoms with E-state index in [0.717, 1.165) is 10.9 Å². The van der Waals surface area contributed by atoms with Crippen molar-refractivity contribution in [2.24, 2.45) is 7.05 Å². The van der Waals surface area contributed by atoms with Crippen LogP contribution in [0.5, 0.6) is 0 Å². The maximum atomic E-state index is 5.68. The van der Waals surface area contributed by atoms with Gasteiger partial charge in [-0.15, -0.1) is 0 Å². The first-order valence-electron chi connectivity index (χ1n) is 3.20. The van der Waals surface area contributed by atoms with Gasteiger partial charge in [-0.05, 0) is 6.07 Å². The topological polar surface area (TPSA) is 30.7 Å². The van der Waals surface area contributed by atoms with Crippen LogP contribution in [0.25, 0.3) is 10.9 Å². The molecule has 0 fully saturated rings. The molecule has 2 aromatic heterocycles. The predicted octanol–water partition coefficient (Wildman–Crippen LogP) is 1.62. The molecule has 2 aromatic rings. The molecule has 4 heteroatoms. The summed E-state index contributed by atoms with van der Waals surface area (Å²) < 4.78 is 1.76. The molecule has 0 aliphatic carbocycles. The highest BCUT2D eigenvalue weighted by molar-refractivity contribution is 6.30. The summed E-state index contributed by atoms with van der Waals surface area (Å²) >= 11 is 5.68. The first-order valence-corrected chi connectivity index (χ1v) is 3.58. The van der Waals surface area contributed by atoms with Gasteiger partial charge in [0.15, 0.2) is 0 Å². The molecule has 0 spiro atoms. The fourth-order valence-electron chi connectivity index (χ4n) is 1.02. The third-order valence-corrected chi connectivity index (χ3v) is 1.81. The average molecular weight is 168 g/mol. The van der Waals surface area contributed by atoms with Crippen molar-refractivity contribution in [2.75, 3.05) is 0 Å². The maximum Gasteiger partial charge on any atom is 0.129 e. The molecule has 0 aliphatic rings. The minimum absolute atomic E-state index is 0.505. The van der Waals surface area contributed by atoms with Gasteiger partial charge in [-0.2, -0.15) is 5.10 Å². The summed E-state index contributed by atoms with van der Waals surface area (Å²) in [4.78, 5) is 3.94. The van der Waals surface area contributed by atoms with Crippen molar-refractivity contribution in [2.45, 2.75) is 0 Å². The zero-order chi connectivity index (χ0) is 7.84. The summed E-state index contributed by atoms with van der Waals surface area (Å²) in [6, 6.07) is 1.80. The lowest BCUT2D eigenvalue weighted by molar-refractivity contribution is 0.795. The van der Waals surface area contributed by atoms with Gasteiger partial charge in [-0.1, -0.05) is 11.6 Å². The first kappa shape index (κ1) is 6.61. The normalized spacial score (nSPS) is 10.7. The third-order valence-electron chi connectivity index (χ3n) is 1.60. The van der Waals surface area contributed by atoms with Crippen LogP contribution < -0.4 is 0 Å². The highest BCUT2D eigenvalue weighted by Crippen LogP contribution is 2.14. The monoisotopic (exact) mass is 167 g/mol. The molecule has 0 bridgehead atoms. The number of nitrogens with zero attached hydrogens (tertiary/aromatic N) is 3. The molecule has 0 atom stereocenters. The Morgan fingerprint density at radius 1 is 1.45 bits per heavy atom. The van der Waals surface area contributed by atoms with Crippen LogP contribution in [-0.4, -0.2) is 14.8 Å². The predicted molar refractivity (Wildman–Crippen MR) is 43.5 cm³/mol. The van der Waals surface area contributed by atoms with Crippen molar-refractivity contribution < 1.29 is 0 Å². The number of pyridine rings is 1. The molecule has 3 nitrogen and oxygen atoms in total. The van der Waals surface area contributed by atoms with Crippen molar-refractivity contribution in [3.05, 3.63) is 23.6 Å². The molecule has 0 aliphatic heterocycles. The first-order chi connectivity index (χ1) is 5.27. The van der Waals surface area contributed by atoms with Crippen molar-refractivity contribution in [3.8, 4) is 0 Å². The molecule has 11 heavy (non-hydrogen) atoms. The van der Waals surface area contributed by atoms with Gasteiger partial charge >= 0.3 is 0 Å². The molecular weight excluding hydrogens is 162 g/mol. The van der Waals surface area contributed by atoms with E-state index in [4.69, 9.17) is 11.6 Å². The smallest absolute Gasteiger partial charge is 0.129 e. The lowest BCUT2D eigenvalue weighted by Crippen LogP contribution is -1.88. The number of halogens is 1. The number of hydrogen-bond donors (Lipinski definition) is 0. The van der Waals surface area contributed by atoms with Crippen LogP contribution in [0.3, 0.4) is 0 Å². The largest absolute Gasteiger partial charge is 0.266 e. The maximum absolute atomic E-state index is 5.68. The Morgan fingerprint density at radius 3 is 3.09 bits per heavy atom. The second-order valence-electron chi connectivity index (χ2n) is 2.33. The number of fused-ring (bicyclic) bond motifs is 1. The van der Waals surface area contributed by atoms with Crippen molar-refractivity contribution in [1.29, 1.82) is 0 Å². The SMILES string of the molecule is Cn1ncc2cc(Cl)ncc21. The Kier molecular flexibility index (Phi) is 1.32. The molecule has 0 N–H and O–H groups in total. The van der Waals surface area contributed by atoms with Gasteiger partial charge < -0.3 is 0 Å². The fourth-order valence-corrected chi connectivity index (χ4v) is 1.19. The summed E-state index contributed by atoms with van der Waals surface area (Å²) in [5.74, 6) is 0. The Morgan fingerprint density at radius 2 is 2.27 bits per heavy atom. The quantitative estimate of drug-likeness (QED) is 0.559. The molecule has 2 heterocycles. The zero-order valence-corrected chi connectivity index (χ0v) is 6.71. The van der Waals surface area contributed by atoms with Gasteiger partial charge in [-0.25, -0.2) is 4.98 Å². The van der Waals surface area contributed by atoms with E-state index in [2.05, 4.69) is 10.1 Å². The average Bonchev–Trinajstić information content (AvgIpc) is 2.32. The molecule has 0 saturated heterocycles. The molecule has 0 unspecified atom stereocenters. The van der Waals surface area contributed by atoms with Crippen LogP contribution in [0.4, 0.5) is 0 Å². The highest BCUT2D eigenvalue weighted by atomic mass is 35.5. The fraction of sp³-hybridized carbons (Fsp3) is 0.143. The Hall–Kier alpha value is -1.09. The summed E-state index contributed by atoms with van der Waals surface area (Å²) in [5.41, 5.74) is 0.995. The van der Waals surface area contributed by atoms with E-state index < -0.39 is 0 Å². The number of aromatic nitrogens is 3. The van der Waals surface area contributed by atoms with Gasteiger partial charge in [0.05, 0.1) is 17.9 Å². The van der Waals surface area contributed by atoms with E-state index in [-0.39, 0.29) is 0 Å². The lowest BCUT2D eigenvalue weighted by Gasteiger charge is -1.92. The Bertz CT molecular complexity index is 393. The summed E-state index contributed by atoms with van der Waals surface area (Å²) in [5, 5.41) is 5.58. The van der Waals surface area contributed by atoms with Gasteiger partial charge in [0.25, 0.3) is 0 Å². The lowest BCUT2D eigenvalue weighted by atomic mass is 10.3. The number of rotatable bonds is 0. The van der Waals surface area contributed by atoms with Crippen LogP contribution in [-0.2, 0) is 7.05 Å². The van der Waals surface area contributed by atoms with Crippen LogP contribution in [0.2, 0.25) is 5.15 Å². The van der Waals surface area contributed by atoms with Crippen LogP contribution >= 0.6 is 11.6 Å². The molecule has 0 radical (unpaired) electrons. The van der Waals surface area contributed by atoms with Crippen molar-refractivity contribution in [3.63, 3.8) is 0 Å². The molecule has 56 valence electrons.